The third kappa shape index (κ3) is 6.36. The number of aromatic nitrogens is 2. The maximum absolute atomic E-state index is 13.6. The lowest BCUT2D eigenvalue weighted by molar-refractivity contribution is -0.385. The number of rotatable bonds is 8. The molecule has 11 nitrogen and oxygen atoms in total. The molecule has 212 valence electrons. The van der Waals surface area contributed by atoms with E-state index < -0.39 is 28.2 Å². The van der Waals surface area contributed by atoms with Crippen LogP contribution in [0.1, 0.15) is 21.5 Å². The number of nitro groups is 1. The van der Waals surface area contributed by atoms with Gasteiger partial charge in [0.2, 0.25) is 5.91 Å². The Hall–Kier alpha value is -4.75. The molecule has 0 atom stereocenters. The first-order valence-electron chi connectivity index (χ1n) is 12.8. The van der Waals surface area contributed by atoms with Crippen LogP contribution < -0.4 is 10.2 Å². The molecule has 3 aromatic carbocycles. The van der Waals surface area contributed by atoms with Crippen molar-refractivity contribution in [3.05, 3.63) is 93.0 Å². The monoisotopic (exact) mass is 564 g/mol. The number of ether oxygens (including phenoxy) is 1. The SMILES string of the molecule is CN(C(=O)CN1CCOCC1)c1ccc(C(=O)Nc2n[nH]c3ccc(Cc4cc(F)cc(F)c4)cc23)c([N+](=O)[O-])c1. The second kappa shape index (κ2) is 11.8. The minimum absolute atomic E-state index is 0.133. The zero-order chi connectivity index (χ0) is 29.1. The molecule has 1 aromatic heterocycles. The highest BCUT2D eigenvalue weighted by Gasteiger charge is 2.25. The summed E-state index contributed by atoms with van der Waals surface area (Å²) >= 11 is 0. The fourth-order valence-corrected chi connectivity index (χ4v) is 4.66. The van der Waals surface area contributed by atoms with Gasteiger partial charge in [-0.3, -0.25) is 29.7 Å². The number of H-pyrrole nitrogens is 1. The largest absolute Gasteiger partial charge is 0.379 e. The summed E-state index contributed by atoms with van der Waals surface area (Å²) in [6.45, 7) is 2.44. The normalized spacial score (nSPS) is 13.7. The number of anilines is 2. The van der Waals surface area contributed by atoms with Gasteiger partial charge in [0.15, 0.2) is 5.82 Å². The molecule has 2 N–H and O–H groups in total. The van der Waals surface area contributed by atoms with Gasteiger partial charge in [-0.1, -0.05) is 6.07 Å². The summed E-state index contributed by atoms with van der Waals surface area (Å²) in [6.07, 6.45) is 0.230. The van der Waals surface area contributed by atoms with Gasteiger partial charge >= 0.3 is 0 Å². The van der Waals surface area contributed by atoms with E-state index in [0.717, 1.165) is 6.07 Å². The number of nitro benzene ring substituents is 1. The van der Waals surface area contributed by atoms with Gasteiger partial charge < -0.3 is 15.0 Å². The Balaban J connectivity index is 1.35. The summed E-state index contributed by atoms with van der Waals surface area (Å²) < 4.78 is 32.5. The summed E-state index contributed by atoms with van der Waals surface area (Å²) in [5, 5.41) is 21.9. The Morgan fingerprint density at radius 2 is 1.80 bits per heavy atom. The minimum atomic E-state index is -0.767. The molecule has 1 saturated heterocycles. The number of carbonyl (C=O) groups is 2. The van der Waals surface area contributed by atoms with Crippen LogP contribution in [0.2, 0.25) is 0 Å². The standard InChI is InChI=1S/C28H26F2N6O5/c1-34(26(37)16-35-6-8-41-9-7-35)21-3-4-22(25(15-21)36(39)40)28(38)31-27-23-13-17(2-5-24(23)32-33-27)10-18-11-19(29)14-20(30)12-18/h2-5,11-15H,6-10,16H2,1H3,(H2,31,32,33,38). The summed E-state index contributed by atoms with van der Waals surface area (Å²) in [4.78, 5) is 40.4. The van der Waals surface area contributed by atoms with Crippen LogP contribution in [0.25, 0.3) is 10.9 Å². The molecule has 41 heavy (non-hydrogen) atoms. The summed E-state index contributed by atoms with van der Waals surface area (Å²) in [5.41, 5.74) is 1.31. The van der Waals surface area contributed by atoms with Gasteiger partial charge in [-0.25, -0.2) is 8.78 Å². The number of morpholine rings is 1. The van der Waals surface area contributed by atoms with Crippen molar-refractivity contribution in [2.75, 3.05) is 50.1 Å². The Labute approximate surface area is 232 Å². The number of carbonyl (C=O) groups excluding carboxylic acids is 2. The maximum Gasteiger partial charge on any atom is 0.284 e. The fourth-order valence-electron chi connectivity index (χ4n) is 4.66. The van der Waals surface area contributed by atoms with Crippen molar-refractivity contribution in [1.82, 2.24) is 15.1 Å². The molecule has 1 fully saturated rings. The average molecular weight is 565 g/mol. The van der Waals surface area contributed by atoms with Crippen molar-refractivity contribution in [3.63, 3.8) is 0 Å². The quantitative estimate of drug-likeness (QED) is 0.245. The lowest BCUT2D eigenvalue weighted by Gasteiger charge is -2.28. The number of nitrogens with one attached hydrogen (secondary N) is 2. The minimum Gasteiger partial charge on any atom is -0.379 e. The molecule has 5 rings (SSSR count). The first-order valence-corrected chi connectivity index (χ1v) is 12.8. The second-order valence-corrected chi connectivity index (χ2v) is 9.66. The highest BCUT2D eigenvalue weighted by molar-refractivity contribution is 6.10. The van der Waals surface area contributed by atoms with Gasteiger partial charge in [-0.15, -0.1) is 0 Å². The molecule has 4 aromatic rings. The van der Waals surface area contributed by atoms with E-state index in [1.54, 1.807) is 18.2 Å². The Morgan fingerprint density at radius 3 is 2.51 bits per heavy atom. The number of benzene rings is 3. The molecule has 2 amide bonds. The van der Waals surface area contributed by atoms with Crippen molar-refractivity contribution < 1.29 is 28.0 Å². The number of aromatic amines is 1. The molecule has 1 aliphatic heterocycles. The third-order valence-corrected chi connectivity index (χ3v) is 6.84. The van der Waals surface area contributed by atoms with Crippen LogP contribution in [0.4, 0.5) is 26.0 Å². The molecular formula is C28H26F2N6O5. The topological polar surface area (TPSA) is 134 Å². The summed E-state index contributed by atoms with van der Waals surface area (Å²) in [7, 11) is 1.52. The number of halogens is 2. The van der Waals surface area contributed by atoms with Crippen molar-refractivity contribution in [3.8, 4) is 0 Å². The van der Waals surface area contributed by atoms with E-state index in [4.69, 9.17) is 4.74 Å². The van der Waals surface area contributed by atoms with Crippen molar-refractivity contribution >= 4 is 39.9 Å². The smallest absolute Gasteiger partial charge is 0.284 e. The lowest BCUT2D eigenvalue weighted by Crippen LogP contribution is -2.43. The molecule has 0 unspecified atom stereocenters. The van der Waals surface area contributed by atoms with E-state index in [0.29, 0.717) is 48.3 Å². The Kier molecular flexibility index (Phi) is 7.99. The van der Waals surface area contributed by atoms with Gasteiger partial charge in [0.1, 0.15) is 17.2 Å². The maximum atomic E-state index is 13.6. The van der Waals surface area contributed by atoms with Gasteiger partial charge in [-0.05, 0) is 53.9 Å². The molecule has 0 aliphatic carbocycles. The second-order valence-electron chi connectivity index (χ2n) is 9.66. The van der Waals surface area contributed by atoms with Crippen LogP contribution in [0.3, 0.4) is 0 Å². The molecule has 1 aliphatic rings. The molecule has 13 heteroatoms. The summed E-state index contributed by atoms with van der Waals surface area (Å²) in [5.74, 6) is -2.25. The number of fused-ring (bicyclic) bond motifs is 1. The number of hydrogen-bond acceptors (Lipinski definition) is 7. The van der Waals surface area contributed by atoms with Gasteiger partial charge in [0.25, 0.3) is 11.6 Å². The van der Waals surface area contributed by atoms with E-state index in [9.17, 15) is 28.5 Å². The van der Waals surface area contributed by atoms with Crippen molar-refractivity contribution in [1.29, 1.82) is 0 Å². The van der Waals surface area contributed by atoms with Crippen LogP contribution in [0.5, 0.6) is 0 Å². The number of amides is 2. The zero-order valence-electron chi connectivity index (χ0n) is 22.0. The Bertz CT molecular complexity index is 1620. The molecule has 0 saturated carbocycles. The van der Waals surface area contributed by atoms with Crippen LogP contribution in [-0.4, -0.2) is 71.7 Å². The highest BCUT2D eigenvalue weighted by atomic mass is 19.1. The molecule has 0 spiro atoms. The van der Waals surface area contributed by atoms with Gasteiger partial charge in [0.05, 0.1) is 35.9 Å². The first-order chi connectivity index (χ1) is 19.7. The Morgan fingerprint density at radius 1 is 1.07 bits per heavy atom. The van der Waals surface area contributed by atoms with E-state index >= 15 is 0 Å². The molecule has 0 bridgehead atoms. The molecular weight excluding hydrogens is 538 g/mol. The fraction of sp³-hybridized carbons (Fsp3) is 0.250. The number of hydrogen-bond donors (Lipinski definition) is 2. The van der Waals surface area contributed by atoms with E-state index in [-0.39, 0.29) is 35.9 Å². The van der Waals surface area contributed by atoms with Crippen LogP contribution in [-0.2, 0) is 16.0 Å². The first kappa shape index (κ1) is 27.8. The molecule has 0 radical (unpaired) electrons. The van der Waals surface area contributed by atoms with Crippen LogP contribution in [0.15, 0.2) is 54.6 Å². The third-order valence-electron chi connectivity index (χ3n) is 6.84. The van der Waals surface area contributed by atoms with E-state index in [1.165, 1.54) is 42.3 Å². The average Bonchev–Trinajstić information content (AvgIpc) is 3.33. The van der Waals surface area contributed by atoms with Gasteiger partial charge in [-0.2, -0.15) is 5.10 Å². The summed E-state index contributed by atoms with van der Waals surface area (Å²) in [6, 6.07) is 12.4. The lowest BCUT2D eigenvalue weighted by atomic mass is 10.0. The van der Waals surface area contributed by atoms with Crippen molar-refractivity contribution in [2.45, 2.75) is 6.42 Å². The van der Waals surface area contributed by atoms with E-state index in [1.807, 2.05) is 4.90 Å². The van der Waals surface area contributed by atoms with E-state index in [2.05, 4.69) is 15.5 Å². The number of nitrogens with zero attached hydrogens (tertiary/aromatic N) is 4. The van der Waals surface area contributed by atoms with Crippen LogP contribution in [0, 0.1) is 21.7 Å². The zero-order valence-corrected chi connectivity index (χ0v) is 22.0. The highest BCUT2D eigenvalue weighted by Crippen LogP contribution is 2.28. The van der Waals surface area contributed by atoms with Crippen LogP contribution >= 0.6 is 0 Å². The van der Waals surface area contributed by atoms with Gasteiger partial charge in [0, 0.05) is 37.7 Å². The van der Waals surface area contributed by atoms with Crippen molar-refractivity contribution in [2.24, 2.45) is 0 Å². The number of likely N-dealkylation sites (N-methyl/N-ethyl adjacent to an activating group) is 1. The predicted molar refractivity (Wildman–Crippen MR) is 147 cm³/mol. The predicted octanol–water partition coefficient (Wildman–Crippen LogP) is 3.89. The molecule has 2 heterocycles.